The lowest BCUT2D eigenvalue weighted by molar-refractivity contribution is -0.141. The second-order valence-corrected chi connectivity index (χ2v) is 7.20. The van der Waals surface area contributed by atoms with Gasteiger partial charge >= 0.3 is 0 Å². The molecule has 0 radical (unpaired) electrons. The number of β-amino-alcohol motifs (C(OH)–C–C–N with tert-alkyl or cyclic N) is 2. The molecule has 2 heterocycles. The monoisotopic (exact) mass is 420 g/mol. The number of hydrogen-bond acceptors (Lipinski definition) is 8. The number of carbonyl (C=O) groups excluding carboxylic acids is 4. The first-order valence-electron chi connectivity index (χ1n) is 9.71. The quantitative estimate of drug-likeness (QED) is 0.482. The van der Waals surface area contributed by atoms with Crippen molar-refractivity contribution in [3.8, 4) is 11.5 Å². The van der Waals surface area contributed by atoms with E-state index in [0.29, 0.717) is 11.5 Å². The Morgan fingerprint density at radius 3 is 1.27 bits per heavy atom. The topological polar surface area (TPSA) is 134 Å². The summed E-state index contributed by atoms with van der Waals surface area (Å²) in [5.74, 6) is -0.256. The average molecular weight is 420 g/mol. The number of carbonyl (C=O) groups is 4. The smallest absolute Gasteiger partial charge is 0.229 e. The number of benzene rings is 1. The average Bonchev–Trinajstić information content (AvgIpc) is 3.21. The largest absolute Gasteiger partial charge is 0.491 e. The summed E-state index contributed by atoms with van der Waals surface area (Å²) < 4.78 is 10.9. The van der Waals surface area contributed by atoms with Crippen LogP contribution in [-0.2, 0) is 19.2 Å². The SMILES string of the molecule is O=C1CCC(=O)N1C[C@@H](O)COc1ccc(OC[C@H](O)CN2C(=O)CCC2=O)cc1. The van der Waals surface area contributed by atoms with Gasteiger partial charge in [-0.1, -0.05) is 0 Å². The van der Waals surface area contributed by atoms with Crippen LogP contribution in [-0.4, -0.2) is 82.2 Å². The predicted octanol–water partition coefficient (Wildman–Crippen LogP) is -0.536. The van der Waals surface area contributed by atoms with E-state index in [1.54, 1.807) is 24.3 Å². The van der Waals surface area contributed by atoms with Crippen molar-refractivity contribution in [1.29, 1.82) is 0 Å². The van der Waals surface area contributed by atoms with Crippen molar-refractivity contribution in [2.75, 3.05) is 26.3 Å². The summed E-state index contributed by atoms with van der Waals surface area (Å²) in [6, 6.07) is 6.42. The molecule has 0 aromatic heterocycles. The van der Waals surface area contributed by atoms with Crippen LogP contribution in [0.15, 0.2) is 24.3 Å². The Morgan fingerprint density at radius 2 is 0.967 bits per heavy atom. The van der Waals surface area contributed by atoms with Crippen molar-refractivity contribution in [3.63, 3.8) is 0 Å². The highest BCUT2D eigenvalue weighted by Crippen LogP contribution is 2.19. The molecular weight excluding hydrogens is 396 g/mol. The van der Waals surface area contributed by atoms with E-state index >= 15 is 0 Å². The summed E-state index contributed by atoms with van der Waals surface area (Å²) in [6.07, 6.45) is -1.31. The third-order valence-corrected chi connectivity index (χ3v) is 4.80. The highest BCUT2D eigenvalue weighted by Gasteiger charge is 2.31. The molecule has 0 saturated carbocycles. The van der Waals surface area contributed by atoms with Crippen LogP contribution in [0.4, 0.5) is 0 Å². The van der Waals surface area contributed by atoms with E-state index in [-0.39, 0.29) is 75.6 Å². The summed E-state index contributed by atoms with van der Waals surface area (Å²) in [5, 5.41) is 20.0. The number of aliphatic hydroxyl groups is 2. The molecule has 1 aromatic rings. The standard InChI is InChI=1S/C20H24N2O8/c23-13(9-21-17(25)5-6-18(21)26)11-29-15-1-2-16(4-3-15)30-12-14(24)10-22-19(27)7-8-20(22)28/h1-4,13-14,23-24H,5-12H2/t13-,14-/m1/s1. The van der Waals surface area contributed by atoms with Gasteiger partial charge in [-0.3, -0.25) is 29.0 Å². The lowest BCUT2D eigenvalue weighted by Crippen LogP contribution is -2.38. The zero-order valence-electron chi connectivity index (χ0n) is 16.4. The van der Waals surface area contributed by atoms with Crippen LogP contribution in [0, 0.1) is 0 Å². The van der Waals surface area contributed by atoms with Crippen LogP contribution in [0.25, 0.3) is 0 Å². The van der Waals surface area contributed by atoms with E-state index in [9.17, 15) is 29.4 Å². The van der Waals surface area contributed by atoms with Crippen molar-refractivity contribution < 1.29 is 38.9 Å². The van der Waals surface area contributed by atoms with Crippen molar-refractivity contribution in [1.82, 2.24) is 9.80 Å². The minimum absolute atomic E-state index is 0.0894. The summed E-state index contributed by atoms with van der Waals surface area (Å²) in [6.45, 7) is -0.376. The van der Waals surface area contributed by atoms with Crippen LogP contribution in [0.1, 0.15) is 25.7 Å². The van der Waals surface area contributed by atoms with E-state index < -0.39 is 12.2 Å². The highest BCUT2D eigenvalue weighted by molar-refractivity contribution is 6.02. The molecule has 4 amide bonds. The van der Waals surface area contributed by atoms with Crippen LogP contribution in [0.3, 0.4) is 0 Å². The zero-order chi connectivity index (χ0) is 21.7. The van der Waals surface area contributed by atoms with E-state index in [0.717, 1.165) is 9.80 Å². The first kappa shape index (κ1) is 21.7. The summed E-state index contributed by atoms with van der Waals surface area (Å²) in [5.41, 5.74) is 0. The molecule has 10 nitrogen and oxygen atoms in total. The molecule has 30 heavy (non-hydrogen) atoms. The van der Waals surface area contributed by atoms with Gasteiger partial charge in [-0.2, -0.15) is 0 Å². The van der Waals surface area contributed by atoms with Crippen molar-refractivity contribution >= 4 is 23.6 Å². The Hall–Kier alpha value is -2.98. The molecule has 2 atom stereocenters. The highest BCUT2D eigenvalue weighted by atomic mass is 16.5. The maximum absolute atomic E-state index is 11.6. The Labute approximate surface area is 173 Å². The Balaban J connectivity index is 1.39. The van der Waals surface area contributed by atoms with E-state index in [1.165, 1.54) is 0 Å². The molecule has 0 unspecified atom stereocenters. The van der Waals surface area contributed by atoms with Crippen LogP contribution in [0.2, 0.25) is 0 Å². The molecule has 2 aliphatic rings. The minimum atomic E-state index is -1.00. The predicted molar refractivity (Wildman–Crippen MR) is 101 cm³/mol. The van der Waals surface area contributed by atoms with Gasteiger partial charge in [0.25, 0.3) is 0 Å². The summed E-state index contributed by atoms with van der Waals surface area (Å²) >= 11 is 0. The van der Waals surface area contributed by atoms with E-state index in [1.807, 2.05) is 0 Å². The van der Waals surface area contributed by atoms with Gasteiger partial charge < -0.3 is 19.7 Å². The van der Waals surface area contributed by atoms with Gasteiger partial charge in [0, 0.05) is 25.7 Å². The molecule has 2 aliphatic heterocycles. The molecule has 0 bridgehead atoms. The second kappa shape index (κ2) is 9.68. The van der Waals surface area contributed by atoms with E-state index in [4.69, 9.17) is 9.47 Å². The number of imide groups is 2. The third kappa shape index (κ3) is 5.55. The number of rotatable bonds is 10. The maximum Gasteiger partial charge on any atom is 0.229 e. The van der Waals surface area contributed by atoms with Crippen LogP contribution in [0.5, 0.6) is 11.5 Å². The fourth-order valence-electron chi connectivity index (χ4n) is 3.20. The van der Waals surface area contributed by atoms with Gasteiger partial charge in [0.05, 0.1) is 13.1 Å². The molecule has 162 valence electrons. The fraction of sp³-hybridized carbons (Fsp3) is 0.500. The first-order valence-corrected chi connectivity index (χ1v) is 9.71. The molecule has 3 rings (SSSR count). The van der Waals surface area contributed by atoms with Crippen LogP contribution < -0.4 is 9.47 Å². The van der Waals surface area contributed by atoms with Gasteiger partial charge in [0.1, 0.15) is 36.9 Å². The molecule has 0 aliphatic carbocycles. The van der Waals surface area contributed by atoms with Crippen LogP contribution >= 0.6 is 0 Å². The third-order valence-electron chi connectivity index (χ3n) is 4.80. The summed E-state index contributed by atoms with van der Waals surface area (Å²) in [7, 11) is 0. The first-order chi connectivity index (χ1) is 14.3. The molecular formula is C20H24N2O8. The number of likely N-dealkylation sites (tertiary alicyclic amines) is 2. The molecule has 2 saturated heterocycles. The Kier molecular flexibility index (Phi) is 7.01. The molecule has 0 spiro atoms. The minimum Gasteiger partial charge on any atom is -0.491 e. The normalized spacial score (nSPS) is 18.9. The second-order valence-electron chi connectivity index (χ2n) is 7.20. The Morgan fingerprint density at radius 1 is 0.667 bits per heavy atom. The number of aliphatic hydroxyl groups excluding tert-OH is 2. The van der Waals surface area contributed by atoms with Gasteiger partial charge in [0.2, 0.25) is 23.6 Å². The fourth-order valence-corrected chi connectivity index (χ4v) is 3.20. The van der Waals surface area contributed by atoms with Gasteiger partial charge in [-0.15, -0.1) is 0 Å². The molecule has 10 heteroatoms. The van der Waals surface area contributed by atoms with Gasteiger partial charge in [0.15, 0.2) is 0 Å². The molecule has 1 aromatic carbocycles. The van der Waals surface area contributed by atoms with E-state index in [2.05, 4.69) is 0 Å². The number of amides is 4. The summed E-state index contributed by atoms with van der Waals surface area (Å²) in [4.78, 5) is 48.3. The number of nitrogens with zero attached hydrogens (tertiary/aromatic N) is 2. The lowest BCUT2D eigenvalue weighted by atomic mass is 10.3. The lowest BCUT2D eigenvalue weighted by Gasteiger charge is -2.19. The maximum atomic E-state index is 11.6. The van der Waals surface area contributed by atoms with Gasteiger partial charge in [-0.25, -0.2) is 0 Å². The van der Waals surface area contributed by atoms with Crippen molar-refractivity contribution in [3.05, 3.63) is 24.3 Å². The Bertz CT molecular complexity index is 711. The van der Waals surface area contributed by atoms with Crippen molar-refractivity contribution in [2.45, 2.75) is 37.9 Å². The van der Waals surface area contributed by atoms with Gasteiger partial charge in [-0.05, 0) is 24.3 Å². The zero-order valence-corrected chi connectivity index (χ0v) is 16.4. The number of ether oxygens (including phenoxy) is 2. The number of hydrogen-bond donors (Lipinski definition) is 2. The molecule has 2 fully saturated rings. The van der Waals surface area contributed by atoms with Crippen molar-refractivity contribution in [2.24, 2.45) is 0 Å². The molecule has 2 N–H and O–H groups in total.